The average molecular weight is 277 g/mol. The van der Waals surface area contributed by atoms with Crippen LogP contribution in [0.3, 0.4) is 0 Å². The van der Waals surface area contributed by atoms with Gasteiger partial charge >= 0.3 is 0 Å². The molecule has 1 aliphatic carbocycles. The minimum atomic E-state index is 0.227. The van der Waals surface area contributed by atoms with Crippen molar-refractivity contribution >= 4 is 0 Å². The van der Waals surface area contributed by atoms with Crippen LogP contribution in [0.4, 0.5) is 0 Å². The molecule has 0 radical (unpaired) electrons. The summed E-state index contributed by atoms with van der Waals surface area (Å²) in [6.07, 6.45) is 14.0. The molecule has 3 rings (SSSR count). The second-order valence-electron chi connectivity index (χ2n) is 6.61. The third-order valence-corrected chi connectivity index (χ3v) is 4.95. The third kappa shape index (κ3) is 3.07. The second kappa shape index (κ2) is 5.86. The molecule has 0 amide bonds. The predicted molar refractivity (Wildman–Crippen MR) is 79.5 cm³/mol. The summed E-state index contributed by atoms with van der Waals surface area (Å²) in [5.74, 6) is 0. The van der Waals surface area contributed by atoms with Gasteiger partial charge in [-0.3, -0.25) is 4.68 Å². The Morgan fingerprint density at radius 1 is 1.45 bits per heavy atom. The molecule has 1 spiro atoms. The van der Waals surface area contributed by atoms with Crippen molar-refractivity contribution in [2.45, 2.75) is 82.6 Å². The molecule has 1 aliphatic heterocycles. The Morgan fingerprint density at radius 3 is 3.00 bits per heavy atom. The molecular weight excluding hydrogens is 250 g/mol. The number of nitrogens with two attached hydrogens (primary N) is 1. The van der Waals surface area contributed by atoms with Gasteiger partial charge in [0.05, 0.1) is 24.4 Å². The summed E-state index contributed by atoms with van der Waals surface area (Å²) >= 11 is 0. The van der Waals surface area contributed by atoms with Crippen LogP contribution in [0, 0.1) is 0 Å². The summed E-state index contributed by atoms with van der Waals surface area (Å²) in [6, 6.07) is 0.247. The van der Waals surface area contributed by atoms with E-state index in [-0.39, 0.29) is 11.6 Å². The third-order valence-electron chi connectivity index (χ3n) is 4.95. The summed E-state index contributed by atoms with van der Waals surface area (Å²) in [6.45, 7) is 3.02. The zero-order chi connectivity index (χ0) is 14.0. The number of hydrogen-bond acceptors (Lipinski definition) is 3. The maximum atomic E-state index is 6.34. The predicted octanol–water partition coefficient (Wildman–Crippen LogP) is 2.65. The smallest absolute Gasteiger partial charge is 0.0779 e. The molecule has 20 heavy (non-hydrogen) atoms. The molecular formula is C16H27N3O. The Kier molecular flexibility index (Phi) is 4.13. The van der Waals surface area contributed by atoms with E-state index in [2.05, 4.69) is 18.2 Å². The molecule has 2 heterocycles. The summed E-state index contributed by atoms with van der Waals surface area (Å²) in [5, 5.41) is 4.46. The highest BCUT2D eigenvalue weighted by Crippen LogP contribution is 2.43. The molecule has 2 unspecified atom stereocenters. The van der Waals surface area contributed by atoms with Crippen molar-refractivity contribution in [1.82, 2.24) is 9.78 Å². The number of nitrogens with zero attached hydrogens (tertiary/aromatic N) is 2. The Hall–Kier alpha value is -0.870. The zero-order valence-electron chi connectivity index (χ0n) is 12.6. The highest BCUT2D eigenvalue weighted by Gasteiger charge is 2.42. The van der Waals surface area contributed by atoms with Gasteiger partial charge in [0.15, 0.2) is 0 Å². The van der Waals surface area contributed by atoms with E-state index in [9.17, 15) is 0 Å². The molecule has 4 heteroatoms. The fraction of sp³-hybridized carbons (Fsp3) is 0.812. The summed E-state index contributed by atoms with van der Waals surface area (Å²) < 4.78 is 8.38. The van der Waals surface area contributed by atoms with E-state index in [4.69, 9.17) is 10.5 Å². The standard InChI is InChI=1S/C16H27N3O/c1-2-14(17)9-13-10-18-19(11-13)12-15-5-8-16(20-15)6-3-4-7-16/h10-11,14-15H,2-9,12,17H2,1H3. The Bertz CT molecular complexity index is 437. The van der Waals surface area contributed by atoms with Gasteiger partial charge < -0.3 is 10.5 Å². The molecule has 1 saturated heterocycles. The lowest BCUT2D eigenvalue weighted by Crippen LogP contribution is -2.26. The van der Waals surface area contributed by atoms with Gasteiger partial charge in [-0.05, 0) is 44.1 Å². The summed E-state index contributed by atoms with van der Waals surface area (Å²) in [4.78, 5) is 0. The molecule has 1 aromatic heterocycles. The van der Waals surface area contributed by atoms with Gasteiger partial charge in [0.2, 0.25) is 0 Å². The van der Waals surface area contributed by atoms with Crippen LogP contribution in [0.25, 0.3) is 0 Å². The molecule has 4 nitrogen and oxygen atoms in total. The van der Waals surface area contributed by atoms with E-state index in [0.29, 0.717) is 6.10 Å². The van der Waals surface area contributed by atoms with Crippen molar-refractivity contribution < 1.29 is 4.74 Å². The van der Waals surface area contributed by atoms with Crippen molar-refractivity contribution in [1.29, 1.82) is 0 Å². The highest BCUT2D eigenvalue weighted by atomic mass is 16.5. The Balaban J connectivity index is 1.53. The van der Waals surface area contributed by atoms with Crippen LogP contribution in [0.1, 0.15) is 57.4 Å². The lowest BCUT2D eigenvalue weighted by molar-refractivity contribution is -0.0429. The fourth-order valence-electron chi connectivity index (χ4n) is 3.68. The van der Waals surface area contributed by atoms with Crippen molar-refractivity contribution in [2.75, 3.05) is 0 Å². The van der Waals surface area contributed by atoms with Gasteiger partial charge in [-0.25, -0.2) is 0 Å². The van der Waals surface area contributed by atoms with Crippen molar-refractivity contribution in [3.05, 3.63) is 18.0 Å². The highest BCUT2D eigenvalue weighted by molar-refractivity contribution is 5.06. The van der Waals surface area contributed by atoms with Gasteiger partial charge in [0.1, 0.15) is 0 Å². The maximum Gasteiger partial charge on any atom is 0.0779 e. The molecule has 0 aromatic carbocycles. The van der Waals surface area contributed by atoms with Crippen LogP contribution >= 0.6 is 0 Å². The minimum absolute atomic E-state index is 0.227. The van der Waals surface area contributed by atoms with Gasteiger partial charge in [-0.1, -0.05) is 19.8 Å². The van der Waals surface area contributed by atoms with Crippen LogP contribution in [0.2, 0.25) is 0 Å². The lowest BCUT2D eigenvalue weighted by Gasteiger charge is -2.23. The van der Waals surface area contributed by atoms with Crippen LogP contribution in [0.5, 0.6) is 0 Å². The van der Waals surface area contributed by atoms with E-state index in [1.54, 1.807) is 0 Å². The number of ether oxygens (including phenoxy) is 1. The van der Waals surface area contributed by atoms with Gasteiger partial charge in [-0.15, -0.1) is 0 Å². The average Bonchev–Trinajstić information content (AvgIpc) is 3.15. The molecule has 2 atom stereocenters. The molecule has 1 aromatic rings. The first-order chi connectivity index (χ1) is 9.69. The first-order valence-corrected chi connectivity index (χ1v) is 8.14. The van der Waals surface area contributed by atoms with Crippen LogP contribution in [0.15, 0.2) is 12.4 Å². The lowest BCUT2D eigenvalue weighted by atomic mass is 9.98. The Morgan fingerprint density at radius 2 is 2.25 bits per heavy atom. The van der Waals surface area contributed by atoms with Crippen molar-refractivity contribution in [3.8, 4) is 0 Å². The normalized spacial score (nSPS) is 26.4. The minimum Gasteiger partial charge on any atom is -0.370 e. The first-order valence-electron chi connectivity index (χ1n) is 8.14. The molecule has 1 saturated carbocycles. The zero-order valence-corrected chi connectivity index (χ0v) is 12.6. The van der Waals surface area contributed by atoms with Crippen LogP contribution in [-0.2, 0) is 17.7 Å². The summed E-state index contributed by atoms with van der Waals surface area (Å²) in [5.41, 5.74) is 7.47. The quantitative estimate of drug-likeness (QED) is 0.900. The van der Waals surface area contributed by atoms with Gasteiger partial charge in [0, 0.05) is 12.2 Å². The molecule has 2 N–H and O–H groups in total. The maximum absolute atomic E-state index is 6.34. The fourth-order valence-corrected chi connectivity index (χ4v) is 3.68. The molecule has 2 aliphatic rings. The van der Waals surface area contributed by atoms with E-state index in [1.807, 2.05) is 10.9 Å². The van der Waals surface area contributed by atoms with Crippen molar-refractivity contribution in [2.24, 2.45) is 5.73 Å². The van der Waals surface area contributed by atoms with Crippen LogP contribution in [-0.4, -0.2) is 27.5 Å². The van der Waals surface area contributed by atoms with Gasteiger partial charge in [0.25, 0.3) is 0 Å². The number of rotatable bonds is 5. The van der Waals surface area contributed by atoms with Gasteiger partial charge in [-0.2, -0.15) is 5.10 Å². The van der Waals surface area contributed by atoms with E-state index < -0.39 is 0 Å². The van der Waals surface area contributed by atoms with E-state index >= 15 is 0 Å². The van der Waals surface area contributed by atoms with E-state index in [0.717, 1.165) is 19.4 Å². The number of aromatic nitrogens is 2. The molecule has 0 bridgehead atoms. The van der Waals surface area contributed by atoms with E-state index in [1.165, 1.54) is 44.1 Å². The topological polar surface area (TPSA) is 53.1 Å². The number of hydrogen-bond donors (Lipinski definition) is 1. The SMILES string of the molecule is CCC(N)Cc1cnn(CC2CCC3(CCCC3)O2)c1. The van der Waals surface area contributed by atoms with Crippen molar-refractivity contribution in [3.63, 3.8) is 0 Å². The largest absolute Gasteiger partial charge is 0.370 e. The molecule has 112 valence electrons. The molecule has 2 fully saturated rings. The Labute approximate surface area is 121 Å². The monoisotopic (exact) mass is 277 g/mol. The first kappa shape index (κ1) is 14.1. The summed E-state index contributed by atoms with van der Waals surface area (Å²) in [7, 11) is 0. The van der Waals surface area contributed by atoms with Crippen LogP contribution < -0.4 is 5.73 Å². The second-order valence-corrected chi connectivity index (χ2v) is 6.61.